The summed E-state index contributed by atoms with van der Waals surface area (Å²) in [4.78, 5) is 0.378. The number of hydrogen-bond acceptors (Lipinski definition) is 2. The second kappa shape index (κ2) is 6.75. The summed E-state index contributed by atoms with van der Waals surface area (Å²) < 4.78 is 27.7. The number of sulfonamides is 1. The van der Waals surface area contributed by atoms with Crippen molar-refractivity contribution in [2.75, 3.05) is 11.9 Å². The van der Waals surface area contributed by atoms with Crippen LogP contribution in [0.25, 0.3) is 0 Å². The highest BCUT2D eigenvalue weighted by Gasteiger charge is 2.40. The Kier molecular flexibility index (Phi) is 4.90. The molecule has 5 heteroatoms. The number of hydrogen-bond donors (Lipinski definition) is 0. The van der Waals surface area contributed by atoms with Crippen molar-refractivity contribution in [3.05, 3.63) is 65.7 Å². The average molecular weight is 394 g/mol. The molecule has 0 N–H and O–H groups in total. The molecule has 3 rings (SSSR count). The number of aryl methyl sites for hydroxylation is 1. The van der Waals surface area contributed by atoms with E-state index in [0.717, 1.165) is 12.0 Å². The van der Waals surface area contributed by atoms with Gasteiger partial charge in [-0.2, -0.15) is 4.31 Å². The molecular weight excluding hydrogens is 374 g/mol. The second-order valence-corrected chi connectivity index (χ2v) is 8.58. The third-order valence-electron chi connectivity index (χ3n) is 4.44. The monoisotopic (exact) mass is 393 g/mol. The molecule has 0 radical (unpaired) electrons. The molecule has 1 saturated heterocycles. The van der Waals surface area contributed by atoms with Crippen molar-refractivity contribution < 1.29 is 8.42 Å². The Bertz CT molecular complexity index is 759. The minimum atomic E-state index is -3.45. The molecule has 2 aromatic rings. The summed E-state index contributed by atoms with van der Waals surface area (Å²) in [6, 6.07) is 17.3. The van der Waals surface area contributed by atoms with Gasteiger partial charge in [-0.15, -0.1) is 0 Å². The zero-order valence-corrected chi connectivity index (χ0v) is 15.4. The third kappa shape index (κ3) is 3.37. The van der Waals surface area contributed by atoms with Crippen LogP contribution in [0.1, 0.15) is 23.5 Å². The van der Waals surface area contributed by atoms with Crippen LogP contribution in [0, 0.1) is 6.92 Å². The largest absolute Gasteiger partial charge is 0.243 e. The maximum Gasteiger partial charge on any atom is 0.243 e. The van der Waals surface area contributed by atoms with Crippen LogP contribution in [0.4, 0.5) is 0 Å². The maximum atomic E-state index is 13.0. The lowest BCUT2D eigenvalue weighted by Gasteiger charge is -2.22. The molecule has 0 amide bonds. The maximum absolute atomic E-state index is 13.0. The summed E-state index contributed by atoms with van der Waals surface area (Å²) in [6.07, 6.45) is 0.848. The molecule has 122 valence electrons. The first-order valence-corrected chi connectivity index (χ1v) is 10.3. The van der Waals surface area contributed by atoms with Crippen LogP contribution >= 0.6 is 15.9 Å². The number of benzene rings is 2. The summed E-state index contributed by atoms with van der Waals surface area (Å²) in [6.45, 7) is 2.50. The van der Waals surface area contributed by atoms with Crippen LogP contribution in [-0.2, 0) is 10.0 Å². The van der Waals surface area contributed by atoms with E-state index >= 15 is 0 Å². The third-order valence-corrected chi connectivity index (χ3v) is 7.12. The van der Waals surface area contributed by atoms with Crippen molar-refractivity contribution in [2.45, 2.75) is 30.2 Å². The van der Waals surface area contributed by atoms with E-state index in [1.165, 1.54) is 5.56 Å². The molecule has 0 saturated carbocycles. The van der Waals surface area contributed by atoms with Crippen LogP contribution < -0.4 is 0 Å². The quantitative estimate of drug-likeness (QED) is 0.737. The fourth-order valence-corrected chi connectivity index (χ4v) is 5.62. The molecule has 2 aromatic carbocycles. The molecule has 0 spiro atoms. The minimum absolute atomic E-state index is 0.00786. The standard InChI is InChI=1S/C18H20BrNO2S/c1-14-7-9-18(10-8-14)23(21,22)20-13-16(11-17(20)12-19)15-5-3-2-4-6-15/h2-10,16-17H,11-13H2,1H3. The molecule has 2 unspecified atom stereocenters. The molecule has 0 aromatic heterocycles. The van der Waals surface area contributed by atoms with Gasteiger partial charge >= 0.3 is 0 Å². The lowest BCUT2D eigenvalue weighted by atomic mass is 9.97. The fraction of sp³-hybridized carbons (Fsp3) is 0.333. The minimum Gasteiger partial charge on any atom is -0.207 e. The topological polar surface area (TPSA) is 37.4 Å². The summed E-state index contributed by atoms with van der Waals surface area (Å²) in [5.74, 6) is 0.249. The van der Waals surface area contributed by atoms with Gasteiger partial charge in [-0.3, -0.25) is 0 Å². The van der Waals surface area contributed by atoms with Crippen molar-refractivity contribution in [3.63, 3.8) is 0 Å². The molecule has 1 heterocycles. The molecule has 0 bridgehead atoms. The summed E-state index contributed by atoms with van der Waals surface area (Å²) >= 11 is 3.49. The molecule has 23 heavy (non-hydrogen) atoms. The molecule has 1 fully saturated rings. The number of nitrogens with zero attached hydrogens (tertiary/aromatic N) is 1. The molecule has 2 atom stereocenters. The summed E-state index contributed by atoms with van der Waals surface area (Å²) in [5, 5.41) is 0.654. The van der Waals surface area contributed by atoms with E-state index in [4.69, 9.17) is 0 Å². The molecule has 1 aliphatic heterocycles. The van der Waals surface area contributed by atoms with Gasteiger partial charge in [0.15, 0.2) is 0 Å². The normalized spacial score (nSPS) is 22.3. The SMILES string of the molecule is Cc1ccc(S(=O)(=O)N2CC(c3ccccc3)CC2CBr)cc1. The van der Waals surface area contributed by atoms with Crippen molar-refractivity contribution in [1.29, 1.82) is 0 Å². The van der Waals surface area contributed by atoms with E-state index < -0.39 is 10.0 Å². The van der Waals surface area contributed by atoms with Gasteiger partial charge in [0.05, 0.1) is 4.90 Å². The number of halogens is 1. The van der Waals surface area contributed by atoms with E-state index in [9.17, 15) is 8.42 Å². The summed E-state index contributed by atoms with van der Waals surface area (Å²) in [5.41, 5.74) is 2.27. The van der Waals surface area contributed by atoms with Crippen LogP contribution in [0.3, 0.4) is 0 Å². The lowest BCUT2D eigenvalue weighted by Crippen LogP contribution is -2.36. The van der Waals surface area contributed by atoms with E-state index in [1.807, 2.05) is 37.3 Å². The first-order valence-electron chi connectivity index (χ1n) is 7.72. The Morgan fingerprint density at radius 3 is 2.35 bits per heavy atom. The van der Waals surface area contributed by atoms with Crippen LogP contribution in [0.5, 0.6) is 0 Å². The van der Waals surface area contributed by atoms with Crippen LogP contribution in [-0.4, -0.2) is 30.6 Å². The first kappa shape index (κ1) is 16.7. The van der Waals surface area contributed by atoms with Crippen molar-refractivity contribution in [3.8, 4) is 0 Å². The Balaban J connectivity index is 1.90. The van der Waals surface area contributed by atoms with Gasteiger partial charge in [0.1, 0.15) is 0 Å². The van der Waals surface area contributed by atoms with E-state index in [-0.39, 0.29) is 12.0 Å². The zero-order valence-electron chi connectivity index (χ0n) is 13.0. The lowest BCUT2D eigenvalue weighted by molar-refractivity contribution is 0.412. The van der Waals surface area contributed by atoms with Crippen LogP contribution in [0.15, 0.2) is 59.5 Å². The van der Waals surface area contributed by atoms with Gasteiger partial charge in [-0.25, -0.2) is 8.42 Å². The molecular formula is C18H20BrNO2S. The Morgan fingerprint density at radius 1 is 1.09 bits per heavy atom. The van der Waals surface area contributed by atoms with E-state index in [2.05, 4.69) is 28.1 Å². The summed E-state index contributed by atoms with van der Waals surface area (Å²) in [7, 11) is -3.45. The highest BCUT2D eigenvalue weighted by molar-refractivity contribution is 9.09. The predicted molar refractivity (Wildman–Crippen MR) is 96.5 cm³/mol. The Labute approximate surface area is 146 Å². The highest BCUT2D eigenvalue weighted by Crippen LogP contribution is 2.36. The van der Waals surface area contributed by atoms with Crippen molar-refractivity contribution in [1.82, 2.24) is 4.31 Å². The van der Waals surface area contributed by atoms with Crippen molar-refractivity contribution in [2.24, 2.45) is 0 Å². The van der Waals surface area contributed by atoms with E-state index in [1.54, 1.807) is 16.4 Å². The van der Waals surface area contributed by atoms with Gasteiger partial charge in [-0.05, 0) is 37.0 Å². The van der Waals surface area contributed by atoms with Crippen LogP contribution in [0.2, 0.25) is 0 Å². The van der Waals surface area contributed by atoms with Gasteiger partial charge in [-0.1, -0.05) is 64.0 Å². The van der Waals surface area contributed by atoms with Gasteiger partial charge in [0.2, 0.25) is 10.0 Å². The highest BCUT2D eigenvalue weighted by atomic mass is 79.9. The second-order valence-electron chi connectivity index (χ2n) is 6.04. The molecule has 0 aliphatic carbocycles. The van der Waals surface area contributed by atoms with Crippen molar-refractivity contribution >= 4 is 26.0 Å². The first-order chi connectivity index (χ1) is 11.0. The molecule has 1 aliphatic rings. The Morgan fingerprint density at radius 2 is 1.74 bits per heavy atom. The van der Waals surface area contributed by atoms with Gasteiger partial charge in [0, 0.05) is 17.9 Å². The fourth-order valence-electron chi connectivity index (χ4n) is 3.13. The van der Waals surface area contributed by atoms with Gasteiger partial charge in [0.25, 0.3) is 0 Å². The molecule has 3 nitrogen and oxygen atoms in total. The number of alkyl halides is 1. The predicted octanol–water partition coefficient (Wildman–Crippen LogP) is 3.94. The Hall–Kier alpha value is -1.17. The van der Waals surface area contributed by atoms with Gasteiger partial charge < -0.3 is 0 Å². The number of rotatable bonds is 4. The smallest absolute Gasteiger partial charge is 0.207 e. The van der Waals surface area contributed by atoms with E-state index in [0.29, 0.717) is 16.8 Å². The average Bonchev–Trinajstić information content (AvgIpc) is 3.01. The zero-order chi connectivity index (χ0) is 16.4.